The van der Waals surface area contributed by atoms with E-state index < -0.39 is 5.82 Å². The Balaban J connectivity index is 2.57. The molecule has 0 atom stereocenters. The topological polar surface area (TPSA) is 81.5 Å². The predicted octanol–water partition coefficient (Wildman–Crippen LogP) is 1.78. The molecule has 1 aromatic carbocycles. The second kappa shape index (κ2) is 3.73. The van der Waals surface area contributed by atoms with Crippen LogP contribution >= 0.6 is 0 Å². The van der Waals surface area contributed by atoms with E-state index in [4.69, 9.17) is 5.73 Å². The molecule has 0 spiro atoms. The van der Waals surface area contributed by atoms with Gasteiger partial charge < -0.3 is 20.1 Å². The standard InChI is InChI=1S/C10H9FN2O3/c1-15-9-7(11)2-5(3-8(9)14)6-4-13-16-10(6)12/h2-4,14H,12H2,1H3. The Kier molecular flexibility index (Phi) is 2.40. The summed E-state index contributed by atoms with van der Waals surface area (Å²) in [5, 5.41) is 13.0. The minimum atomic E-state index is -0.682. The molecular weight excluding hydrogens is 215 g/mol. The first-order valence-electron chi connectivity index (χ1n) is 4.40. The van der Waals surface area contributed by atoms with Gasteiger partial charge >= 0.3 is 0 Å². The van der Waals surface area contributed by atoms with Crippen molar-refractivity contribution in [3.63, 3.8) is 0 Å². The van der Waals surface area contributed by atoms with Crippen LogP contribution in [0.3, 0.4) is 0 Å². The van der Waals surface area contributed by atoms with Crippen LogP contribution in [-0.4, -0.2) is 17.4 Å². The molecule has 0 aliphatic rings. The van der Waals surface area contributed by atoms with Gasteiger partial charge in [0.1, 0.15) is 0 Å². The lowest BCUT2D eigenvalue weighted by Crippen LogP contribution is -1.91. The molecule has 0 radical (unpaired) electrons. The Hall–Kier alpha value is -2.24. The molecule has 0 unspecified atom stereocenters. The number of nitrogen functional groups attached to an aromatic ring is 1. The summed E-state index contributed by atoms with van der Waals surface area (Å²) in [5.41, 5.74) is 6.26. The summed E-state index contributed by atoms with van der Waals surface area (Å²) >= 11 is 0. The summed E-state index contributed by atoms with van der Waals surface area (Å²) in [6.07, 6.45) is 1.34. The number of aromatic nitrogens is 1. The van der Waals surface area contributed by atoms with Gasteiger partial charge in [-0.2, -0.15) is 0 Å². The third kappa shape index (κ3) is 1.54. The van der Waals surface area contributed by atoms with Gasteiger partial charge in [-0.15, -0.1) is 0 Å². The number of hydrogen-bond acceptors (Lipinski definition) is 5. The number of nitrogens with zero attached hydrogens (tertiary/aromatic N) is 1. The van der Waals surface area contributed by atoms with E-state index in [1.807, 2.05) is 0 Å². The second-order valence-corrected chi connectivity index (χ2v) is 3.11. The number of phenols is 1. The quantitative estimate of drug-likeness (QED) is 0.812. The summed E-state index contributed by atoms with van der Waals surface area (Å²) < 4.78 is 22.8. The van der Waals surface area contributed by atoms with Crippen LogP contribution < -0.4 is 10.5 Å². The first kappa shape index (κ1) is 10.3. The molecule has 0 aliphatic heterocycles. The maximum atomic E-state index is 13.5. The van der Waals surface area contributed by atoms with Gasteiger partial charge in [0.15, 0.2) is 17.3 Å². The Morgan fingerprint density at radius 2 is 2.25 bits per heavy atom. The minimum Gasteiger partial charge on any atom is -0.504 e. The number of hydrogen-bond donors (Lipinski definition) is 2. The molecule has 3 N–H and O–H groups in total. The fourth-order valence-electron chi connectivity index (χ4n) is 1.40. The number of aromatic hydroxyl groups is 1. The number of anilines is 1. The van der Waals surface area contributed by atoms with Crippen LogP contribution in [0.2, 0.25) is 0 Å². The second-order valence-electron chi connectivity index (χ2n) is 3.11. The zero-order valence-corrected chi connectivity index (χ0v) is 8.40. The molecule has 84 valence electrons. The summed E-state index contributed by atoms with van der Waals surface area (Å²) in [5.74, 6) is -1.14. The number of rotatable bonds is 2. The average Bonchev–Trinajstić information content (AvgIpc) is 2.64. The van der Waals surface area contributed by atoms with Crippen LogP contribution in [0.1, 0.15) is 0 Å². The van der Waals surface area contributed by atoms with Crippen molar-refractivity contribution in [2.24, 2.45) is 0 Å². The summed E-state index contributed by atoms with van der Waals surface area (Å²) in [6, 6.07) is 2.51. The maximum absolute atomic E-state index is 13.5. The van der Waals surface area contributed by atoms with Gasteiger partial charge in [-0.3, -0.25) is 0 Å². The van der Waals surface area contributed by atoms with E-state index in [0.717, 1.165) is 0 Å². The molecule has 2 rings (SSSR count). The van der Waals surface area contributed by atoms with Gasteiger partial charge in [0.25, 0.3) is 0 Å². The van der Waals surface area contributed by atoms with Gasteiger partial charge in [0.2, 0.25) is 5.88 Å². The highest BCUT2D eigenvalue weighted by molar-refractivity contribution is 5.74. The van der Waals surface area contributed by atoms with Crippen molar-refractivity contribution < 1.29 is 18.8 Å². The lowest BCUT2D eigenvalue weighted by atomic mass is 10.1. The molecule has 0 aliphatic carbocycles. The van der Waals surface area contributed by atoms with Crippen molar-refractivity contribution in [2.45, 2.75) is 0 Å². The van der Waals surface area contributed by atoms with Crippen LogP contribution in [0.25, 0.3) is 11.1 Å². The summed E-state index contributed by atoms with van der Waals surface area (Å²) in [4.78, 5) is 0. The van der Waals surface area contributed by atoms with Gasteiger partial charge in [-0.25, -0.2) is 4.39 Å². The van der Waals surface area contributed by atoms with Crippen LogP contribution in [-0.2, 0) is 0 Å². The van der Waals surface area contributed by atoms with Crippen molar-refractivity contribution >= 4 is 5.88 Å². The van der Waals surface area contributed by atoms with E-state index in [1.54, 1.807) is 0 Å². The van der Waals surface area contributed by atoms with E-state index in [1.165, 1.54) is 25.4 Å². The lowest BCUT2D eigenvalue weighted by Gasteiger charge is -2.06. The highest BCUT2D eigenvalue weighted by atomic mass is 19.1. The highest BCUT2D eigenvalue weighted by Gasteiger charge is 2.14. The van der Waals surface area contributed by atoms with Crippen molar-refractivity contribution in [3.8, 4) is 22.6 Å². The SMILES string of the molecule is COc1c(O)cc(-c2cnoc2N)cc1F. The molecule has 0 bridgehead atoms. The number of nitrogens with two attached hydrogens (primary N) is 1. The van der Waals surface area contributed by atoms with Gasteiger partial charge in [0, 0.05) is 0 Å². The molecule has 6 heteroatoms. The van der Waals surface area contributed by atoms with E-state index in [-0.39, 0.29) is 17.4 Å². The fraction of sp³-hybridized carbons (Fsp3) is 0.100. The molecule has 2 aromatic rings. The normalized spacial score (nSPS) is 10.4. The number of phenolic OH excluding ortho intramolecular Hbond substituents is 1. The Labute approximate surface area is 90.2 Å². The fourth-order valence-corrected chi connectivity index (χ4v) is 1.40. The van der Waals surface area contributed by atoms with E-state index in [9.17, 15) is 9.50 Å². The molecule has 1 heterocycles. The predicted molar refractivity (Wildman–Crippen MR) is 54.5 cm³/mol. The van der Waals surface area contributed by atoms with Crippen LogP contribution in [0.5, 0.6) is 11.5 Å². The van der Waals surface area contributed by atoms with Gasteiger partial charge in [0.05, 0.1) is 18.9 Å². The minimum absolute atomic E-state index is 0.0592. The van der Waals surface area contributed by atoms with E-state index in [0.29, 0.717) is 11.1 Å². The average molecular weight is 224 g/mol. The van der Waals surface area contributed by atoms with E-state index in [2.05, 4.69) is 14.4 Å². The van der Waals surface area contributed by atoms with Crippen molar-refractivity contribution in [3.05, 3.63) is 24.1 Å². The third-order valence-corrected chi connectivity index (χ3v) is 2.14. The number of halogens is 1. The summed E-state index contributed by atoms with van der Waals surface area (Å²) in [7, 11) is 1.27. The van der Waals surface area contributed by atoms with Gasteiger partial charge in [-0.05, 0) is 17.7 Å². The molecule has 0 fully saturated rings. The smallest absolute Gasteiger partial charge is 0.229 e. The monoisotopic (exact) mass is 224 g/mol. The van der Waals surface area contributed by atoms with Crippen LogP contribution in [0, 0.1) is 5.82 Å². The van der Waals surface area contributed by atoms with Crippen LogP contribution in [0.4, 0.5) is 10.3 Å². The Morgan fingerprint density at radius 1 is 1.50 bits per heavy atom. The van der Waals surface area contributed by atoms with Crippen molar-refractivity contribution in [1.82, 2.24) is 5.16 Å². The van der Waals surface area contributed by atoms with Gasteiger partial charge in [-0.1, -0.05) is 5.16 Å². The Bertz CT molecular complexity index is 502. The molecule has 16 heavy (non-hydrogen) atoms. The first-order valence-corrected chi connectivity index (χ1v) is 4.40. The van der Waals surface area contributed by atoms with Crippen molar-refractivity contribution in [2.75, 3.05) is 12.8 Å². The molecule has 5 nitrogen and oxygen atoms in total. The summed E-state index contributed by atoms with van der Waals surface area (Å²) in [6.45, 7) is 0. The largest absolute Gasteiger partial charge is 0.504 e. The zero-order valence-electron chi connectivity index (χ0n) is 8.40. The lowest BCUT2D eigenvalue weighted by molar-refractivity contribution is 0.351. The maximum Gasteiger partial charge on any atom is 0.229 e. The number of methoxy groups -OCH3 is 1. The van der Waals surface area contributed by atoms with E-state index >= 15 is 0 Å². The molecule has 0 saturated carbocycles. The highest BCUT2D eigenvalue weighted by Crippen LogP contribution is 2.35. The third-order valence-electron chi connectivity index (χ3n) is 2.14. The zero-order chi connectivity index (χ0) is 11.7. The number of ether oxygens (including phenoxy) is 1. The molecule has 1 aromatic heterocycles. The Morgan fingerprint density at radius 3 is 2.75 bits per heavy atom. The first-order chi connectivity index (χ1) is 7.63. The molecule has 0 saturated heterocycles. The van der Waals surface area contributed by atoms with Crippen molar-refractivity contribution in [1.29, 1.82) is 0 Å². The molecule has 0 amide bonds. The molecular formula is C10H9FN2O3. The van der Waals surface area contributed by atoms with Crippen LogP contribution in [0.15, 0.2) is 22.9 Å². The number of benzene rings is 1.